The van der Waals surface area contributed by atoms with Gasteiger partial charge in [0.05, 0.1) is 6.10 Å². The fourth-order valence-electron chi connectivity index (χ4n) is 1.57. The van der Waals surface area contributed by atoms with Crippen molar-refractivity contribution < 1.29 is 4.74 Å². The smallest absolute Gasteiger partial charge is 0.0572 e. The first-order chi connectivity index (χ1) is 5.74. The Morgan fingerprint density at radius 3 is 2.50 bits per heavy atom. The van der Waals surface area contributed by atoms with Crippen LogP contribution < -0.4 is 0 Å². The third-order valence-corrected chi connectivity index (χ3v) is 2.96. The molecule has 72 valence electrons. The summed E-state index contributed by atoms with van der Waals surface area (Å²) in [6, 6.07) is 0. The van der Waals surface area contributed by atoms with Gasteiger partial charge in [0, 0.05) is 6.61 Å². The zero-order chi connectivity index (χ0) is 8.97. The Morgan fingerprint density at radius 1 is 1.33 bits per heavy atom. The fraction of sp³-hybridized carbons (Fsp3) is 1.00. The van der Waals surface area contributed by atoms with Gasteiger partial charge in [-0.3, -0.25) is 0 Å². The SMILES string of the molecule is CCOC(C)C(C)CCC1CC1. The van der Waals surface area contributed by atoms with Gasteiger partial charge in [-0.1, -0.05) is 26.2 Å². The summed E-state index contributed by atoms with van der Waals surface area (Å²) in [6.07, 6.45) is 6.20. The molecule has 1 heteroatoms. The van der Waals surface area contributed by atoms with Crippen LogP contribution in [0.15, 0.2) is 0 Å². The third kappa shape index (κ3) is 3.57. The summed E-state index contributed by atoms with van der Waals surface area (Å²) >= 11 is 0. The lowest BCUT2D eigenvalue weighted by Crippen LogP contribution is -2.18. The van der Waals surface area contributed by atoms with E-state index in [9.17, 15) is 0 Å². The van der Waals surface area contributed by atoms with E-state index < -0.39 is 0 Å². The zero-order valence-corrected chi connectivity index (χ0v) is 8.68. The van der Waals surface area contributed by atoms with Crippen molar-refractivity contribution in [3.8, 4) is 0 Å². The quantitative estimate of drug-likeness (QED) is 0.594. The Labute approximate surface area is 76.5 Å². The minimum absolute atomic E-state index is 0.453. The van der Waals surface area contributed by atoms with Crippen LogP contribution in [0.1, 0.15) is 46.5 Å². The average molecular weight is 170 g/mol. The van der Waals surface area contributed by atoms with Gasteiger partial charge in [-0.2, -0.15) is 0 Å². The van der Waals surface area contributed by atoms with E-state index in [0.29, 0.717) is 6.10 Å². The van der Waals surface area contributed by atoms with Crippen LogP contribution in [0.2, 0.25) is 0 Å². The lowest BCUT2D eigenvalue weighted by Gasteiger charge is -2.19. The largest absolute Gasteiger partial charge is 0.379 e. The molecule has 0 spiro atoms. The summed E-state index contributed by atoms with van der Waals surface area (Å²) in [5.74, 6) is 1.81. The molecule has 0 saturated heterocycles. The Balaban J connectivity index is 2.03. The van der Waals surface area contributed by atoms with E-state index in [1.165, 1.54) is 25.7 Å². The van der Waals surface area contributed by atoms with Gasteiger partial charge in [-0.25, -0.2) is 0 Å². The van der Waals surface area contributed by atoms with Gasteiger partial charge in [0.2, 0.25) is 0 Å². The molecular formula is C11H22O. The van der Waals surface area contributed by atoms with Gasteiger partial charge in [0.1, 0.15) is 0 Å². The van der Waals surface area contributed by atoms with Crippen molar-refractivity contribution >= 4 is 0 Å². The van der Waals surface area contributed by atoms with E-state index in [1.54, 1.807) is 0 Å². The Morgan fingerprint density at radius 2 is 2.00 bits per heavy atom. The predicted molar refractivity (Wildman–Crippen MR) is 52.2 cm³/mol. The first kappa shape index (κ1) is 10.0. The molecule has 1 saturated carbocycles. The maximum Gasteiger partial charge on any atom is 0.0572 e. The molecule has 1 nitrogen and oxygen atoms in total. The van der Waals surface area contributed by atoms with Gasteiger partial charge < -0.3 is 4.74 Å². The standard InChI is InChI=1S/C11H22O/c1-4-12-10(3)9(2)5-6-11-7-8-11/h9-11H,4-8H2,1-3H3. The molecule has 1 aliphatic rings. The lowest BCUT2D eigenvalue weighted by molar-refractivity contribution is 0.0351. The maximum absolute atomic E-state index is 5.56. The van der Waals surface area contributed by atoms with Gasteiger partial charge in [-0.15, -0.1) is 0 Å². The van der Waals surface area contributed by atoms with Crippen molar-refractivity contribution in [3.05, 3.63) is 0 Å². The van der Waals surface area contributed by atoms with E-state index in [1.807, 2.05) is 0 Å². The van der Waals surface area contributed by atoms with Gasteiger partial charge in [0.25, 0.3) is 0 Å². The molecule has 2 unspecified atom stereocenters. The van der Waals surface area contributed by atoms with E-state index in [-0.39, 0.29) is 0 Å². The number of ether oxygens (including phenoxy) is 1. The maximum atomic E-state index is 5.56. The van der Waals surface area contributed by atoms with Crippen molar-refractivity contribution in [2.24, 2.45) is 11.8 Å². The second kappa shape index (κ2) is 4.86. The molecule has 0 heterocycles. The van der Waals surface area contributed by atoms with Crippen LogP contribution in [0.4, 0.5) is 0 Å². The normalized spacial score (nSPS) is 22.2. The second-order valence-electron chi connectivity index (χ2n) is 4.16. The van der Waals surface area contributed by atoms with Crippen molar-refractivity contribution in [2.45, 2.75) is 52.6 Å². The summed E-state index contributed by atoms with van der Waals surface area (Å²) in [7, 11) is 0. The highest BCUT2D eigenvalue weighted by atomic mass is 16.5. The first-order valence-electron chi connectivity index (χ1n) is 5.35. The van der Waals surface area contributed by atoms with Crippen molar-refractivity contribution in [2.75, 3.05) is 6.61 Å². The third-order valence-electron chi connectivity index (χ3n) is 2.96. The summed E-state index contributed by atoms with van der Waals surface area (Å²) in [5.41, 5.74) is 0. The minimum atomic E-state index is 0.453. The van der Waals surface area contributed by atoms with Crippen LogP contribution >= 0.6 is 0 Å². The summed E-state index contributed by atoms with van der Waals surface area (Å²) in [4.78, 5) is 0. The molecule has 0 amide bonds. The van der Waals surface area contributed by atoms with E-state index in [0.717, 1.165) is 18.4 Å². The van der Waals surface area contributed by atoms with Crippen LogP contribution in [0.3, 0.4) is 0 Å². The molecule has 0 N–H and O–H groups in total. The highest BCUT2D eigenvalue weighted by molar-refractivity contribution is 4.74. The highest BCUT2D eigenvalue weighted by Crippen LogP contribution is 2.35. The van der Waals surface area contributed by atoms with Crippen LogP contribution in [-0.2, 0) is 4.74 Å². The fourth-order valence-corrected chi connectivity index (χ4v) is 1.57. The molecule has 0 aromatic rings. The predicted octanol–water partition coefficient (Wildman–Crippen LogP) is 3.24. The zero-order valence-electron chi connectivity index (χ0n) is 8.68. The lowest BCUT2D eigenvalue weighted by atomic mass is 9.98. The summed E-state index contributed by atoms with van der Waals surface area (Å²) < 4.78 is 5.56. The average Bonchev–Trinajstić information content (AvgIpc) is 2.83. The monoisotopic (exact) mass is 170 g/mol. The molecule has 1 fully saturated rings. The molecule has 0 radical (unpaired) electrons. The topological polar surface area (TPSA) is 9.23 Å². The Hall–Kier alpha value is -0.0400. The highest BCUT2D eigenvalue weighted by Gasteiger charge is 2.22. The van der Waals surface area contributed by atoms with Crippen LogP contribution in [0.5, 0.6) is 0 Å². The molecule has 0 aliphatic heterocycles. The second-order valence-corrected chi connectivity index (χ2v) is 4.16. The molecule has 0 aromatic carbocycles. The van der Waals surface area contributed by atoms with Crippen molar-refractivity contribution in [3.63, 3.8) is 0 Å². The van der Waals surface area contributed by atoms with Crippen LogP contribution in [0, 0.1) is 11.8 Å². The molecule has 1 rings (SSSR count). The minimum Gasteiger partial charge on any atom is -0.379 e. The number of hydrogen-bond acceptors (Lipinski definition) is 1. The molecule has 12 heavy (non-hydrogen) atoms. The molecule has 2 atom stereocenters. The van der Waals surface area contributed by atoms with E-state index >= 15 is 0 Å². The number of hydrogen-bond donors (Lipinski definition) is 0. The molecule has 0 bridgehead atoms. The number of rotatable bonds is 6. The van der Waals surface area contributed by atoms with Crippen molar-refractivity contribution in [1.29, 1.82) is 0 Å². The molecule has 1 aliphatic carbocycles. The van der Waals surface area contributed by atoms with E-state index in [4.69, 9.17) is 4.74 Å². The Bertz CT molecular complexity index is 118. The molecular weight excluding hydrogens is 148 g/mol. The van der Waals surface area contributed by atoms with Crippen LogP contribution in [-0.4, -0.2) is 12.7 Å². The summed E-state index contributed by atoms with van der Waals surface area (Å²) in [6.45, 7) is 7.43. The van der Waals surface area contributed by atoms with Gasteiger partial charge in [-0.05, 0) is 32.1 Å². The van der Waals surface area contributed by atoms with Gasteiger partial charge >= 0.3 is 0 Å². The summed E-state index contributed by atoms with van der Waals surface area (Å²) in [5, 5.41) is 0. The molecule has 0 aromatic heterocycles. The Kier molecular flexibility index (Phi) is 4.07. The van der Waals surface area contributed by atoms with Crippen molar-refractivity contribution in [1.82, 2.24) is 0 Å². The van der Waals surface area contributed by atoms with Crippen LogP contribution in [0.25, 0.3) is 0 Å². The first-order valence-corrected chi connectivity index (χ1v) is 5.35. The van der Waals surface area contributed by atoms with Gasteiger partial charge in [0.15, 0.2) is 0 Å². The van der Waals surface area contributed by atoms with E-state index in [2.05, 4.69) is 20.8 Å².